The minimum absolute atomic E-state index is 0.0208. The van der Waals surface area contributed by atoms with Crippen molar-refractivity contribution >= 4 is 17.5 Å². The Hall–Kier alpha value is -1.22. The average Bonchev–Trinajstić information content (AvgIpc) is 3.03. The number of benzene rings is 1. The number of halogens is 1. The molecule has 2 saturated carbocycles. The minimum atomic E-state index is -0.0208. The number of carbonyl (C=O) groups is 1. The van der Waals surface area contributed by atoms with Gasteiger partial charge in [-0.1, -0.05) is 18.0 Å². The average molecular weight is 294 g/mol. The molecular weight excluding hydrogens is 274 g/mol. The smallest absolute Gasteiger partial charge is 0.251 e. The lowest BCUT2D eigenvalue weighted by Gasteiger charge is -2.23. The zero-order valence-corrected chi connectivity index (χ0v) is 12.5. The van der Waals surface area contributed by atoms with Gasteiger partial charge in [-0.3, -0.25) is 4.79 Å². The molecule has 3 atom stereocenters. The molecular formula is C16H20ClNO2. The monoisotopic (exact) mass is 293 g/mol. The molecule has 1 aromatic carbocycles. The third kappa shape index (κ3) is 2.64. The second-order valence-corrected chi connectivity index (χ2v) is 6.24. The molecule has 1 aromatic rings. The van der Waals surface area contributed by atoms with Crippen LogP contribution < -0.4 is 10.1 Å². The zero-order valence-electron chi connectivity index (χ0n) is 11.7. The fraction of sp³-hybridized carbons (Fsp3) is 0.562. The number of carbonyl (C=O) groups excluding carboxylic acids is 1. The largest absolute Gasteiger partial charge is 0.492 e. The maximum atomic E-state index is 12.3. The first-order valence-electron chi connectivity index (χ1n) is 7.40. The number of fused-ring (bicyclic) bond motifs is 2. The van der Waals surface area contributed by atoms with Crippen LogP contribution in [-0.2, 0) is 0 Å². The Morgan fingerprint density at radius 2 is 2.25 bits per heavy atom. The Balaban J connectivity index is 1.66. The van der Waals surface area contributed by atoms with Crippen molar-refractivity contribution in [1.29, 1.82) is 0 Å². The highest BCUT2D eigenvalue weighted by molar-refractivity contribution is 6.32. The Kier molecular flexibility index (Phi) is 3.88. The first-order chi connectivity index (χ1) is 9.67. The molecule has 0 aliphatic heterocycles. The summed E-state index contributed by atoms with van der Waals surface area (Å²) in [5.74, 6) is 2.12. The number of amides is 1. The molecule has 0 aromatic heterocycles. The molecule has 0 saturated heterocycles. The summed E-state index contributed by atoms with van der Waals surface area (Å²) in [5.41, 5.74) is 0.612. The number of nitrogens with one attached hydrogen (secondary N) is 1. The summed E-state index contributed by atoms with van der Waals surface area (Å²) < 4.78 is 5.38. The van der Waals surface area contributed by atoms with E-state index in [4.69, 9.17) is 16.3 Å². The molecule has 2 bridgehead atoms. The van der Waals surface area contributed by atoms with E-state index in [2.05, 4.69) is 5.32 Å². The molecule has 2 aliphatic rings. The van der Waals surface area contributed by atoms with Crippen molar-refractivity contribution in [3.63, 3.8) is 0 Å². The van der Waals surface area contributed by atoms with Crippen molar-refractivity contribution in [3.8, 4) is 5.75 Å². The van der Waals surface area contributed by atoms with Crippen LogP contribution in [0.25, 0.3) is 0 Å². The Morgan fingerprint density at radius 3 is 2.85 bits per heavy atom. The van der Waals surface area contributed by atoms with Crippen LogP contribution in [0.4, 0.5) is 0 Å². The van der Waals surface area contributed by atoms with Gasteiger partial charge in [-0.25, -0.2) is 0 Å². The third-order valence-corrected chi connectivity index (χ3v) is 4.84. The summed E-state index contributed by atoms with van der Waals surface area (Å²) in [4.78, 5) is 12.3. The predicted molar refractivity (Wildman–Crippen MR) is 79.3 cm³/mol. The van der Waals surface area contributed by atoms with Crippen molar-refractivity contribution < 1.29 is 9.53 Å². The summed E-state index contributed by atoms with van der Waals surface area (Å²) >= 11 is 6.13. The highest BCUT2D eigenvalue weighted by Gasteiger charge is 2.40. The Morgan fingerprint density at radius 1 is 1.40 bits per heavy atom. The van der Waals surface area contributed by atoms with Crippen molar-refractivity contribution in [3.05, 3.63) is 28.8 Å². The predicted octanol–water partition coefficient (Wildman–Crippen LogP) is 3.66. The summed E-state index contributed by atoms with van der Waals surface area (Å²) in [6, 6.07) is 5.59. The summed E-state index contributed by atoms with van der Waals surface area (Å²) in [5, 5.41) is 3.66. The number of hydrogen-bond acceptors (Lipinski definition) is 2. The molecule has 0 unspecified atom stereocenters. The first kappa shape index (κ1) is 13.7. The normalized spacial score (nSPS) is 27.6. The molecule has 20 heavy (non-hydrogen) atoms. The van der Waals surface area contributed by atoms with Crippen LogP contribution in [-0.4, -0.2) is 18.6 Å². The van der Waals surface area contributed by atoms with E-state index >= 15 is 0 Å². The fourth-order valence-electron chi connectivity index (χ4n) is 3.59. The van der Waals surface area contributed by atoms with Crippen LogP contribution >= 0.6 is 11.6 Å². The van der Waals surface area contributed by atoms with Crippen molar-refractivity contribution in [2.75, 3.05) is 6.61 Å². The van der Waals surface area contributed by atoms with Crippen molar-refractivity contribution in [1.82, 2.24) is 5.32 Å². The van der Waals surface area contributed by atoms with E-state index in [0.29, 0.717) is 34.9 Å². The summed E-state index contributed by atoms with van der Waals surface area (Å²) in [7, 11) is 0. The molecule has 2 aliphatic carbocycles. The van der Waals surface area contributed by atoms with E-state index in [9.17, 15) is 4.79 Å². The number of ether oxygens (including phenoxy) is 1. The topological polar surface area (TPSA) is 38.3 Å². The highest BCUT2D eigenvalue weighted by Crippen LogP contribution is 2.44. The molecule has 3 rings (SSSR count). The minimum Gasteiger partial charge on any atom is -0.492 e. The van der Waals surface area contributed by atoms with Gasteiger partial charge in [-0.05, 0) is 56.2 Å². The number of hydrogen-bond donors (Lipinski definition) is 1. The second kappa shape index (κ2) is 5.65. The standard InChI is InChI=1S/C16H20ClNO2/c1-2-20-15-6-5-12(9-13(15)17)16(19)18-14-8-10-3-4-11(14)7-10/h5-6,9-11,14H,2-4,7-8H2,1H3,(H,18,19)/t10-,11-,14+/m0/s1. The van der Waals surface area contributed by atoms with Gasteiger partial charge in [0, 0.05) is 11.6 Å². The maximum Gasteiger partial charge on any atom is 0.251 e. The van der Waals surface area contributed by atoms with Gasteiger partial charge in [-0.2, -0.15) is 0 Å². The van der Waals surface area contributed by atoms with E-state index in [1.165, 1.54) is 19.3 Å². The first-order valence-corrected chi connectivity index (χ1v) is 7.78. The van der Waals surface area contributed by atoms with Gasteiger partial charge in [0.2, 0.25) is 0 Å². The van der Waals surface area contributed by atoms with Crippen LogP contribution in [0.2, 0.25) is 5.02 Å². The molecule has 3 nitrogen and oxygen atoms in total. The van der Waals surface area contributed by atoms with E-state index in [1.807, 2.05) is 6.92 Å². The van der Waals surface area contributed by atoms with Gasteiger partial charge in [0.1, 0.15) is 5.75 Å². The van der Waals surface area contributed by atoms with Gasteiger partial charge >= 0.3 is 0 Å². The van der Waals surface area contributed by atoms with Crippen LogP contribution in [0.1, 0.15) is 43.0 Å². The van der Waals surface area contributed by atoms with Gasteiger partial charge in [-0.15, -0.1) is 0 Å². The van der Waals surface area contributed by atoms with E-state index in [-0.39, 0.29) is 5.91 Å². The van der Waals surface area contributed by atoms with Crippen LogP contribution in [0.3, 0.4) is 0 Å². The SMILES string of the molecule is CCOc1ccc(C(=O)N[C@@H]2C[C@H]3CC[C@H]2C3)cc1Cl. The van der Waals surface area contributed by atoms with Gasteiger partial charge in [0.15, 0.2) is 0 Å². The van der Waals surface area contributed by atoms with Crippen LogP contribution in [0, 0.1) is 11.8 Å². The lowest BCUT2D eigenvalue weighted by Crippen LogP contribution is -2.38. The highest BCUT2D eigenvalue weighted by atomic mass is 35.5. The Labute approximate surface area is 124 Å². The van der Waals surface area contributed by atoms with Gasteiger partial charge in [0.25, 0.3) is 5.91 Å². The number of rotatable bonds is 4. The lowest BCUT2D eigenvalue weighted by molar-refractivity contribution is 0.0923. The zero-order chi connectivity index (χ0) is 14.1. The lowest BCUT2D eigenvalue weighted by atomic mass is 9.95. The van der Waals surface area contributed by atoms with E-state index in [1.54, 1.807) is 18.2 Å². The molecule has 1 N–H and O–H groups in total. The molecule has 0 spiro atoms. The quantitative estimate of drug-likeness (QED) is 0.920. The summed E-state index contributed by atoms with van der Waals surface area (Å²) in [6.07, 6.45) is 5.03. The molecule has 0 radical (unpaired) electrons. The van der Waals surface area contributed by atoms with E-state index < -0.39 is 0 Å². The summed E-state index contributed by atoms with van der Waals surface area (Å²) in [6.45, 7) is 2.47. The van der Waals surface area contributed by atoms with Crippen molar-refractivity contribution in [2.24, 2.45) is 11.8 Å². The molecule has 1 amide bonds. The molecule has 0 heterocycles. The van der Waals surface area contributed by atoms with Gasteiger partial charge < -0.3 is 10.1 Å². The fourth-order valence-corrected chi connectivity index (χ4v) is 3.82. The van der Waals surface area contributed by atoms with E-state index in [0.717, 1.165) is 12.3 Å². The van der Waals surface area contributed by atoms with Crippen LogP contribution in [0.15, 0.2) is 18.2 Å². The van der Waals surface area contributed by atoms with Crippen LogP contribution in [0.5, 0.6) is 5.75 Å². The molecule has 4 heteroatoms. The third-order valence-electron chi connectivity index (χ3n) is 4.55. The molecule has 2 fully saturated rings. The molecule has 108 valence electrons. The maximum absolute atomic E-state index is 12.3. The Bertz CT molecular complexity index is 517. The van der Waals surface area contributed by atoms with Gasteiger partial charge in [0.05, 0.1) is 11.6 Å². The second-order valence-electron chi connectivity index (χ2n) is 5.83. The van der Waals surface area contributed by atoms with Crippen molar-refractivity contribution in [2.45, 2.75) is 38.6 Å².